The average Bonchev–Trinajstić information content (AvgIpc) is 2.50. The van der Waals surface area contributed by atoms with E-state index in [0.717, 1.165) is 19.3 Å². The monoisotopic (exact) mass is 292 g/mol. The summed E-state index contributed by atoms with van der Waals surface area (Å²) < 4.78 is 4.61. The predicted molar refractivity (Wildman–Crippen MR) is 91.3 cm³/mol. The fourth-order valence-corrected chi connectivity index (χ4v) is 1.96. The molecule has 0 aromatic rings. The highest BCUT2D eigenvalue weighted by molar-refractivity contribution is 5.68. The summed E-state index contributed by atoms with van der Waals surface area (Å²) in [4.78, 5) is 10.9. The van der Waals surface area contributed by atoms with Crippen LogP contribution < -0.4 is 0 Å². The van der Waals surface area contributed by atoms with Gasteiger partial charge in [0, 0.05) is 6.42 Å². The molecule has 0 bridgehead atoms. The van der Waals surface area contributed by atoms with Crippen LogP contribution in [0.3, 0.4) is 0 Å². The number of unbranched alkanes of at least 4 members (excludes halogenated alkanes) is 7. The van der Waals surface area contributed by atoms with E-state index >= 15 is 0 Å². The maximum absolute atomic E-state index is 10.9. The third-order valence-electron chi connectivity index (χ3n) is 3.31. The van der Waals surface area contributed by atoms with Gasteiger partial charge in [-0.05, 0) is 25.7 Å². The minimum Gasteiger partial charge on any atom is -0.469 e. The van der Waals surface area contributed by atoms with Gasteiger partial charge >= 0.3 is 5.97 Å². The van der Waals surface area contributed by atoms with E-state index in [-0.39, 0.29) is 5.97 Å². The largest absolute Gasteiger partial charge is 0.469 e. The van der Waals surface area contributed by atoms with E-state index in [1.807, 2.05) is 0 Å². The second kappa shape index (κ2) is 16.7. The summed E-state index contributed by atoms with van der Waals surface area (Å²) in [6.07, 6.45) is 24.1. The lowest BCUT2D eigenvalue weighted by atomic mass is 10.1. The zero-order valence-electron chi connectivity index (χ0n) is 13.9. The molecule has 0 aromatic carbocycles. The van der Waals surface area contributed by atoms with E-state index in [1.54, 1.807) is 0 Å². The zero-order valence-corrected chi connectivity index (χ0v) is 13.9. The van der Waals surface area contributed by atoms with Gasteiger partial charge in [0.25, 0.3) is 0 Å². The Morgan fingerprint density at radius 3 is 2.00 bits per heavy atom. The molecular weight excluding hydrogens is 260 g/mol. The number of methoxy groups -OCH3 is 1. The highest BCUT2D eigenvalue weighted by Crippen LogP contribution is 2.08. The first kappa shape index (κ1) is 19.7. The Bertz CT molecular complexity index is 314. The van der Waals surface area contributed by atoms with Crippen molar-refractivity contribution in [2.45, 2.75) is 71.1 Å². The van der Waals surface area contributed by atoms with Crippen LogP contribution in [0.4, 0.5) is 0 Å². The molecule has 0 aromatic heterocycles. The van der Waals surface area contributed by atoms with Gasteiger partial charge in [0.1, 0.15) is 0 Å². The molecule has 0 heterocycles. The molecular formula is C19H32O2. The molecule has 2 heteroatoms. The van der Waals surface area contributed by atoms with Crippen molar-refractivity contribution in [2.24, 2.45) is 0 Å². The van der Waals surface area contributed by atoms with Gasteiger partial charge in [-0.25, -0.2) is 0 Å². The number of hydrogen-bond donors (Lipinski definition) is 0. The zero-order chi connectivity index (χ0) is 15.6. The van der Waals surface area contributed by atoms with Crippen molar-refractivity contribution in [3.05, 3.63) is 36.5 Å². The molecule has 0 aliphatic carbocycles. The fraction of sp³-hybridized carbons (Fsp3) is 0.632. The van der Waals surface area contributed by atoms with Gasteiger partial charge in [-0.15, -0.1) is 0 Å². The van der Waals surface area contributed by atoms with Crippen molar-refractivity contribution in [1.82, 2.24) is 0 Å². The molecule has 0 rings (SSSR count). The lowest BCUT2D eigenvalue weighted by Gasteiger charge is -1.99. The maximum atomic E-state index is 10.9. The van der Waals surface area contributed by atoms with E-state index in [2.05, 4.69) is 48.1 Å². The molecule has 0 radical (unpaired) electrons. The number of carbonyl (C=O) groups excluding carboxylic acids is 1. The summed E-state index contributed by atoms with van der Waals surface area (Å²) in [7, 11) is 1.45. The molecule has 21 heavy (non-hydrogen) atoms. The molecule has 0 aliphatic rings. The van der Waals surface area contributed by atoms with Crippen LogP contribution in [-0.2, 0) is 9.53 Å². The van der Waals surface area contributed by atoms with Crippen molar-refractivity contribution in [2.75, 3.05) is 7.11 Å². The Kier molecular flexibility index (Phi) is 15.7. The lowest BCUT2D eigenvalue weighted by Crippen LogP contribution is -1.98. The number of carbonyl (C=O) groups is 1. The van der Waals surface area contributed by atoms with Crippen LogP contribution in [0, 0.1) is 0 Å². The molecule has 0 saturated carbocycles. The van der Waals surface area contributed by atoms with Crippen molar-refractivity contribution in [3.8, 4) is 0 Å². The average molecular weight is 292 g/mol. The van der Waals surface area contributed by atoms with Crippen LogP contribution in [0.25, 0.3) is 0 Å². The van der Waals surface area contributed by atoms with Gasteiger partial charge in [0.15, 0.2) is 0 Å². The van der Waals surface area contributed by atoms with Crippen molar-refractivity contribution in [1.29, 1.82) is 0 Å². The first-order valence-corrected chi connectivity index (χ1v) is 8.36. The van der Waals surface area contributed by atoms with Gasteiger partial charge in [-0.2, -0.15) is 0 Å². The van der Waals surface area contributed by atoms with Crippen molar-refractivity contribution < 1.29 is 9.53 Å². The Balaban J connectivity index is 3.30. The fourth-order valence-electron chi connectivity index (χ4n) is 1.96. The Morgan fingerprint density at radius 1 is 0.810 bits per heavy atom. The van der Waals surface area contributed by atoms with E-state index in [4.69, 9.17) is 0 Å². The summed E-state index contributed by atoms with van der Waals surface area (Å²) in [6.45, 7) is 2.21. The van der Waals surface area contributed by atoms with Gasteiger partial charge in [-0.1, -0.05) is 75.5 Å². The first-order valence-electron chi connectivity index (χ1n) is 8.36. The summed E-state index contributed by atoms with van der Waals surface area (Å²) in [6, 6.07) is 0. The summed E-state index contributed by atoms with van der Waals surface area (Å²) in [5.41, 5.74) is 0. The summed E-state index contributed by atoms with van der Waals surface area (Å²) in [5, 5.41) is 0. The molecule has 0 N–H and O–H groups in total. The molecule has 120 valence electrons. The molecule has 0 spiro atoms. The number of esters is 1. The number of ether oxygens (including phenoxy) is 1. The molecule has 0 unspecified atom stereocenters. The molecule has 0 fully saturated rings. The third-order valence-corrected chi connectivity index (χ3v) is 3.31. The van der Waals surface area contributed by atoms with E-state index in [0.29, 0.717) is 6.42 Å². The number of hydrogen-bond acceptors (Lipinski definition) is 2. The third kappa shape index (κ3) is 16.6. The van der Waals surface area contributed by atoms with E-state index in [1.165, 1.54) is 45.6 Å². The van der Waals surface area contributed by atoms with Gasteiger partial charge in [-0.3, -0.25) is 4.79 Å². The van der Waals surface area contributed by atoms with Crippen molar-refractivity contribution in [3.63, 3.8) is 0 Å². The van der Waals surface area contributed by atoms with Gasteiger partial charge in [0.2, 0.25) is 0 Å². The Hall–Kier alpha value is -1.31. The highest BCUT2D eigenvalue weighted by atomic mass is 16.5. The van der Waals surface area contributed by atoms with Gasteiger partial charge in [0.05, 0.1) is 7.11 Å². The van der Waals surface area contributed by atoms with Crippen LogP contribution in [0.2, 0.25) is 0 Å². The SMILES string of the molecule is CCCCC=CC=C/C=C/CCCCCCCC(=O)OC. The molecule has 0 saturated heterocycles. The minimum absolute atomic E-state index is 0.0894. The predicted octanol–water partition coefficient (Wildman–Crippen LogP) is 5.75. The highest BCUT2D eigenvalue weighted by Gasteiger charge is 1.98. The molecule has 0 amide bonds. The van der Waals surface area contributed by atoms with Crippen molar-refractivity contribution >= 4 is 5.97 Å². The quantitative estimate of drug-likeness (QED) is 0.245. The second-order valence-corrected chi connectivity index (χ2v) is 5.27. The Labute approximate surface area is 131 Å². The van der Waals surface area contributed by atoms with Gasteiger partial charge < -0.3 is 4.74 Å². The number of rotatable bonds is 13. The smallest absolute Gasteiger partial charge is 0.305 e. The molecule has 0 atom stereocenters. The first-order chi connectivity index (χ1) is 10.3. The van der Waals surface area contributed by atoms with E-state index < -0.39 is 0 Å². The van der Waals surface area contributed by atoms with Crippen LogP contribution in [0.5, 0.6) is 0 Å². The normalized spacial score (nSPS) is 11.9. The summed E-state index contributed by atoms with van der Waals surface area (Å²) >= 11 is 0. The van der Waals surface area contributed by atoms with Crippen LogP contribution in [-0.4, -0.2) is 13.1 Å². The van der Waals surface area contributed by atoms with Crippen LogP contribution >= 0.6 is 0 Å². The minimum atomic E-state index is -0.0894. The standard InChI is InChI=1S/C19H32O2/c1-3-4-5-6-7-8-9-10-11-12-13-14-15-16-17-18-19(20)21-2/h6-11H,3-5,12-18H2,1-2H3/b7-6?,9-8?,11-10+. The topological polar surface area (TPSA) is 26.3 Å². The lowest BCUT2D eigenvalue weighted by molar-refractivity contribution is -0.140. The molecule has 0 aliphatic heterocycles. The Morgan fingerprint density at radius 2 is 1.38 bits per heavy atom. The van der Waals surface area contributed by atoms with Crippen LogP contribution in [0.15, 0.2) is 36.5 Å². The van der Waals surface area contributed by atoms with Crippen LogP contribution in [0.1, 0.15) is 71.1 Å². The number of allylic oxidation sites excluding steroid dienone is 6. The molecule has 2 nitrogen and oxygen atoms in total. The van der Waals surface area contributed by atoms with E-state index in [9.17, 15) is 4.79 Å². The second-order valence-electron chi connectivity index (χ2n) is 5.27. The summed E-state index contributed by atoms with van der Waals surface area (Å²) in [5.74, 6) is -0.0894. The maximum Gasteiger partial charge on any atom is 0.305 e.